The number of hydrogen-bond acceptors (Lipinski definition) is 5. The summed E-state index contributed by atoms with van der Waals surface area (Å²) in [5.41, 5.74) is 1.92. The summed E-state index contributed by atoms with van der Waals surface area (Å²) >= 11 is 0. The Bertz CT molecular complexity index is 676. The van der Waals surface area contributed by atoms with Crippen molar-refractivity contribution < 1.29 is 23.9 Å². The van der Waals surface area contributed by atoms with Gasteiger partial charge in [-0.05, 0) is 45.6 Å². The van der Waals surface area contributed by atoms with Gasteiger partial charge in [0, 0.05) is 36.9 Å². The lowest BCUT2D eigenvalue weighted by Gasteiger charge is -2.22. The predicted molar refractivity (Wildman–Crippen MR) is 96.4 cm³/mol. The summed E-state index contributed by atoms with van der Waals surface area (Å²) in [7, 11) is 1.30. The van der Waals surface area contributed by atoms with Crippen molar-refractivity contribution in [2.45, 2.75) is 40.0 Å². The number of aromatic nitrogens is 1. The Morgan fingerprint density at radius 3 is 2.50 bits per heavy atom. The summed E-state index contributed by atoms with van der Waals surface area (Å²) in [6.45, 7) is 7.09. The second-order valence-corrected chi connectivity index (χ2v) is 6.62. The second kappa shape index (κ2) is 8.98. The standard InChI is InChI=1S/C19H28N2O5/c1-5-26-10-6-9-21(18(23)14-7-8-14)11-15(22)16-12(2)17(19(24)25-4)20-13(16)3/h14,20H,5-11H2,1-4H3. The van der Waals surface area contributed by atoms with E-state index in [4.69, 9.17) is 9.47 Å². The van der Waals surface area contributed by atoms with Gasteiger partial charge >= 0.3 is 5.97 Å². The van der Waals surface area contributed by atoms with Gasteiger partial charge in [0.15, 0.2) is 5.78 Å². The molecule has 0 aliphatic heterocycles. The average Bonchev–Trinajstić information content (AvgIpc) is 3.41. The number of Topliss-reactive ketones (excluding diaryl/α,β-unsaturated/α-hetero) is 1. The lowest BCUT2D eigenvalue weighted by Crippen LogP contribution is -2.38. The Balaban J connectivity index is 2.12. The van der Waals surface area contributed by atoms with Crippen LogP contribution in [0.4, 0.5) is 0 Å². The lowest BCUT2D eigenvalue weighted by molar-refractivity contribution is -0.132. The van der Waals surface area contributed by atoms with E-state index in [1.807, 2.05) is 6.92 Å². The molecule has 1 heterocycles. The number of methoxy groups -OCH3 is 1. The number of amides is 1. The number of nitrogens with zero attached hydrogens (tertiary/aromatic N) is 1. The minimum atomic E-state index is -0.507. The van der Waals surface area contributed by atoms with Gasteiger partial charge in [-0.3, -0.25) is 9.59 Å². The molecule has 1 aromatic rings. The van der Waals surface area contributed by atoms with Crippen LogP contribution in [0.2, 0.25) is 0 Å². The van der Waals surface area contributed by atoms with E-state index in [0.29, 0.717) is 43.0 Å². The van der Waals surface area contributed by atoms with Crippen molar-refractivity contribution >= 4 is 17.7 Å². The fraction of sp³-hybridized carbons (Fsp3) is 0.632. The van der Waals surface area contributed by atoms with Crippen molar-refractivity contribution in [2.24, 2.45) is 5.92 Å². The topological polar surface area (TPSA) is 88.7 Å². The van der Waals surface area contributed by atoms with Gasteiger partial charge in [-0.25, -0.2) is 4.79 Å². The summed E-state index contributed by atoms with van der Waals surface area (Å²) in [4.78, 5) is 41.7. The van der Waals surface area contributed by atoms with Crippen molar-refractivity contribution in [2.75, 3.05) is 33.4 Å². The highest BCUT2D eigenvalue weighted by atomic mass is 16.5. The highest BCUT2D eigenvalue weighted by molar-refractivity contribution is 6.04. The lowest BCUT2D eigenvalue weighted by atomic mass is 10.0. The number of carbonyl (C=O) groups excluding carboxylic acids is 3. The largest absolute Gasteiger partial charge is 0.464 e. The van der Waals surface area contributed by atoms with Crippen LogP contribution in [0.15, 0.2) is 0 Å². The van der Waals surface area contributed by atoms with E-state index in [-0.39, 0.29) is 29.8 Å². The molecule has 0 spiro atoms. The molecule has 0 radical (unpaired) electrons. The van der Waals surface area contributed by atoms with E-state index in [9.17, 15) is 14.4 Å². The van der Waals surface area contributed by atoms with Gasteiger partial charge in [0.25, 0.3) is 0 Å². The molecular formula is C19H28N2O5. The van der Waals surface area contributed by atoms with Gasteiger partial charge in [-0.15, -0.1) is 0 Å². The highest BCUT2D eigenvalue weighted by Crippen LogP contribution is 2.31. The van der Waals surface area contributed by atoms with E-state index in [0.717, 1.165) is 12.8 Å². The third-order valence-corrected chi connectivity index (χ3v) is 4.60. The second-order valence-electron chi connectivity index (χ2n) is 6.62. The van der Waals surface area contributed by atoms with Crippen LogP contribution in [0.3, 0.4) is 0 Å². The van der Waals surface area contributed by atoms with Gasteiger partial charge in [-0.1, -0.05) is 0 Å². The molecule has 144 valence electrons. The number of aryl methyl sites for hydroxylation is 1. The number of H-pyrrole nitrogens is 1. The van der Waals surface area contributed by atoms with E-state index < -0.39 is 5.97 Å². The monoisotopic (exact) mass is 364 g/mol. The number of carbonyl (C=O) groups is 3. The van der Waals surface area contributed by atoms with Crippen molar-refractivity contribution in [1.82, 2.24) is 9.88 Å². The first kappa shape index (κ1) is 20.2. The molecule has 1 aromatic heterocycles. The maximum absolute atomic E-state index is 12.9. The molecular weight excluding hydrogens is 336 g/mol. The summed E-state index contributed by atoms with van der Waals surface area (Å²) in [5.74, 6) is -0.591. The van der Waals surface area contributed by atoms with Crippen molar-refractivity contribution in [3.63, 3.8) is 0 Å². The smallest absolute Gasteiger partial charge is 0.354 e. The maximum Gasteiger partial charge on any atom is 0.354 e. The van der Waals surface area contributed by atoms with Crippen LogP contribution in [0.25, 0.3) is 0 Å². The van der Waals surface area contributed by atoms with Crippen LogP contribution in [0.1, 0.15) is 58.3 Å². The molecule has 7 heteroatoms. The van der Waals surface area contributed by atoms with Crippen LogP contribution >= 0.6 is 0 Å². The van der Waals surface area contributed by atoms with E-state index in [1.165, 1.54) is 7.11 Å². The average molecular weight is 364 g/mol. The Kier molecular flexibility index (Phi) is 6.97. The minimum Gasteiger partial charge on any atom is -0.464 e. The molecule has 1 saturated carbocycles. The molecule has 1 amide bonds. The molecule has 0 aromatic carbocycles. The number of aromatic amines is 1. The fourth-order valence-electron chi connectivity index (χ4n) is 3.08. The minimum absolute atomic E-state index is 0.0155. The molecule has 1 N–H and O–H groups in total. The van der Waals surface area contributed by atoms with Crippen LogP contribution < -0.4 is 0 Å². The van der Waals surface area contributed by atoms with Crippen molar-refractivity contribution in [3.8, 4) is 0 Å². The van der Waals surface area contributed by atoms with Crippen LogP contribution in [0.5, 0.6) is 0 Å². The van der Waals surface area contributed by atoms with Gasteiger partial charge in [0.05, 0.1) is 13.7 Å². The highest BCUT2D eigenvalue weighted by Gasteiger charge is 2.34. The summed E-state index contributed by atoms with van der Waals surface area (Å²) in [6.07, 6.45) is 2.48. The Morgan fingerprint density at radius 1 is 1.23 bits per heavy atom. The van der Waals surface area contributed by atoms with Crippen LogP contribution in [-0.2, 0) is 14.3 Å². The van der Waals surface area contributed by atoms with Crippen LogP contribution in [-0.4, -0.2) is 61.0 Å². The van der Waals surface area contributed by atoms with E-state index >= 15 is 0 Å². The zero-order chi connectivity index (χ0) is 19.3. The van der Waals surface area contributed by atoms with Gasteiger partial charge in [0.1, 0.15) is 5.69 Å². The SMILES string of the molecule is CCOCCCN(CC(=O)c1c(C)[nH]c(C(=O)OC)c1C)C(=O)C1CC1. The van der Waals surface area contributed by atoms with Gasteiger partial charge in [0.2, 0.25) is 5.91 Å². The number of rotatable bonds is 10. The van der Waals surface area contributed by atoms with Crippen molar-refractivity contribution in [1.29, 1.82) is 0 Å². The zero-order valence-corrected chi connectivity index (χ0v) is 16.0. The third kappa shape index (κ3) is 4.72. The Morgan fingerprint density at radius 2 is 1.92 bits per heavy atom. The van der Waals surface area contributed by atoms with Gasteiger partial charge < -0.3 is 19.4 Å². The first-order chi connectivity index (χ1) is 12.4. The number of ether oxygens (including phenoxy) is 2. The molecule has 0 atom stereocenters. The third-order valence-electron chi connectivity index (χ3n) is 4.60. The molecule has 2 rings (SSSR count). The molecule has 26 heavy (non-hydrogen) atoms. The predicted octanol–water partition coefficient (Wildman–Crippen LogP) is 2.27. The Labute approximate surface area is 154 Å². The quantitative estimate of drug-likeness (QED) is 0.391. The molecule has 0 bridgehead atoms. The molecule has 1 aliphatic carbocycles. The maximum atomic E-state index is 12.9. The first-order valence-corrected chi connectivity index (χ1v) is 9.07. The normalized spacial score (nSPS) is 13.5. The molecule has 0 unspecified atom stereocenters. The number of nitrogens with one attached hydrogen (secondary N) is 1. The van der Waals surface area contributed by atoms with Gasteiger partial charge in [-0.2, -0.15) is 0 Å². The number of esters is 1. The summed E-state index contributed by atoms with van der Waals surface area (Å²) in [5, 5.41) is 0. The number of ketones is 1. The van der Waals surface area contributed by atoms with E-state index in [1.54, 1.807) is 18.7 Å². The molecule has 0 saturated heterocycles. The molecule has 7 nitrogen and oxygen atoms in total. The molecule has 1 fully saturated rings. The molecule has 1 aliphatic rings. The fourth-order valence-corrected chi connectivity index (χ4v) is 3.08. The van der Waals surface area contributed by atoms with Crippen molar-refractivity contribution in [3.05, 3.63) is 22.5 Å². The van der Waals surface area contributed by atoms with Crippen LogP contribution in [0, 0.1) is 19.8 Å². The first-order valence-electron chi connectivity index (χ1n) is 9.07. The number of hydrogen-bond donors (Lipinski definition) is 1. The Hall–Kier alpha value is -2.15. The van der Waals surface area contributed by atoms with E-state index in [2.05, 4.69) is 4.98 Å². The summed E-state index contributed by atoms with van der Waals surface area (Å²) in [6, 6.07) is 0. The zero-order valence-electron chi connectivity index (χ0n) is 16.0. The summed E-state index contributed by atoms with van der Waals surface area (Å²) < 4.78 is 10.1.